The number of aryl methyl sites for hydroxylation is 3. The number of ether oxygens (including phenoxy) is 1. The van der Waals surface area contributed by atoms with E-state index in [2.05, 4.69) is 37.9 Å². The van der Waals surface area contributed by atoms with Crippen LogP contribution in [-0.4, -0.2) is 17.4 Å². The van der Waals surface area contributed by atoms with Gasteiger partial charge in [0, 0.05) is 13.3 Å². The lowest BCUT2D eigenvalue weighted by Gasteiger charge is -2.11. The summed E-state index contributed by atoms with van der Waals surface area (Å²) in [6.45, 7) is 10.3. The number of aromatic nitrogens is 1. The number of benzene rings is 1. The lowest BCUT2D eigenvalue weighted by molar-refractivity contribution is 0.102. The van der Waals surface area contributed by atoms with Gasteiger partial charge in [0.25, 0.3) is 0 Å². The number of hydrogen-bond acceptors (Lipinski definition) is 4. The van der Waals surface area contributed by atoms with Gasteiger partial charge in [-0.3, -0.25) is 4.79 Å². The van der Waals surface area contributed by atoms with Gasteiger partial charge in [-0.05, 0) is 50.5 Å². The van der Waals surface area contributed by atoms with Crippen molar-refractivity contribution < 1.29 is 9.53 Å². The van der Waals surface area contributed by atoms with Crippen LogP contribution in [0.1, 0.15) is 44.0 Å². The average molecular weight is 303 g/mol. The molecule has 0 aliphatic heterocycles. The molecule has 0 amide bonds. The van der Waals surface area contributed by atoms with E-state index in [-0.39, 0.29) is 5.78 Å². The molecule has 0 aliphatic carbocycles. The van der Waals surface area contributed by atoms with Crippen LogP contribution >= 0.6 is 11.3 Å². The second-order valence-electron chi connectivity index (χ2n) is 5.38. The van der Waals surface area contributed by atoms with E-state index in [1.807, 2.05) is 6.92 Å². The first-order valence-corrected chi connectivity index (χ1v) is 7.88. The summed E-state index contributed by atoms with van der Waals surface area (Å²) in [5.74, 6) is 1.02. The second-order valence-corrected chi connectivity index (χ2v) is 6.47. The summed E-state index contributed by atoms with van der Waals surface area (Å²) >= 11 is 1.47. The third-order valence-corrected chi connectivity index (χ3v) is 4.82. The lowest BCUT2D eigenvalue weighted by Crippen LogP contribution is -2.03. The molecule has 1 aromatic carbocycles. The quantitative estimate of drug-likeness (QED) is 0.777. The summed E-state index contributed by atoms with van der Waals surface area (Å²) in [5.41, 5.74) is 4.46. The van der Waals surface area contributed by atoms with Crippen LogP contribution < -0.4 is 4.74 Å². The van der Waals surface area contributed by atoms with Crippen LogP contribution in [0, 0.1) is 27.7 Å². The topological polar surface area (TPSA) is 39.2 Å². The molecule has 0 bridgehead atoms. The Morgan fingerprint density at radius 3 is 2.57 bits per heavy atom. The minimum atomic E-state index is 0.0855. The number of Topliss-reactive ketones (excluding diaryl/α,β-unsaturated/α-hetero) is 1. The Bertz CT molecular complexity index is 674. The van der Waals surface area contributed by atoms with E-state index in [1.54, 1.807) is 6.92 Å². The predicted octanol–water partition coefficient (Wildman–Crippen LogP) is 4.20. The van der Waals surface area contributed by atoms with Crippen LogP contribution in [0.4, 0.5) is 0 Å². The van der Waals surface area contributed by atoms with Crippen molar-refractivity contribution >= 4 is 17.1 Å². The largest absolute Gasteiger partial charge is 0.493 e. The molecule has 0 fully saturated rings. The van der Waals surface area contributed by atoms with Crippen LogP contribution in [0.2, 0.25) is 0 Å². The summed E-state index contributed by atoms with van der Waals surface area (Å²) in [7, 11) is 0. The van der Waals surface area contributed by atoms with Crippen LogP contribution in [0.5, 0.6) is 5.75 Å². The first-order valence-electron chi connectivity index (χ1n) is 7.06. The lowest BCUT2D eigenvalue weighted by atomic mass is 10.1. The fourth-order valence-electron chi connectivity index (χ4n) is 2.28. The number of hydrogen-bond donors (Lipinski definition) is 0. The third kappa shape index (κ3) is 3.70. The smallest absolute Gasteiger partial charge is 0.171 e. The first-order chi connectivity index (χ1) is 9.88. The molecule has 3 nitrogen and oxygen atoms in total. The molecule has 0 atom stereocenters. The van der Waals surface area contributed by atoms with Gasteiger partial charge < -0.3 is 4.74 Å². The van der Waals surface area contributed by atoms with Crippen molar-refractivity contribution in [1.29, 1.82) is 0 Å². The zero-order valence-corrected chi connectivity index (χ0v) is 14.1. The minimum absolute atomic E-state index is 0.0855. The van der Waals surface area contributed by atoms with E-state index < -0.39 is 0 Å². The van der Waals surface area contributed by atoms with E-state index in [0.717, 1.165) is 27.7 Å². The van der Waals surface area contributed by atoms with Gasteiger partial charge in [-0.25, -0.2) is 4.98 Å². The normalized spacial score (nSPS) is 10.7. The van der Waals surface area contributed by atoms with Gasteiger partial charge >= 0.3 is 0 Å². The standard InChI is InChI=1S/C17H21NO2S/c1-10-8-11(2)12(3)15(9-10)20-7-6-16-18-13(4)17(21-16)14(5)19/h8-9H,6-7H2,1-5H3. The maximum Gasteiger partial charge on any atom is 0.171 e. The molecule has 0 radical (unpaired) electrons. The van der Waals surface area contributed by atoms with Crippen molar-refractivity contribution in [2.45, 2.75) is 41.0 Å². The number of carbonyl (C=O) groups excluding carboxylic acids is 1. The molecule has 2 rings (SSSR count). The van der Waals surface area contributed by atoms with Gasteiger partial charge in [0.1, 0.15) is 5.75 Å². The van der Waals surface area contributed by atoms with Crippen molar-refractivity contribution in [1.82, 2.24) is 4.98 Å². The van der Waals surface area contributed by atoms with Gasteiger partial charge in [0.15, 0.2) is 5.78 Å². The molecule has 1 aromatic heterocycles. The van der Waals surface area contributed by atoms with Crippen molar-refractivity contribution in [2.24, 2.45) is 0 Å². The highest BCUT2D eigenvalue weighted by Gasteiger charge is 2.11. The van der Waals surface area contributed by atoms with Crippen LogP contribution in [0.15, 0.2) is 12.1 Å². The summed E-state index contributed by atoms with van der Waals surface area (Å²) in [4.78, 5) is 16.6. The number of carbonyl (C=O) groups is 1. The molecule has 0 spiro atoms. The van der Waals surface area contributed by atoms with Gasteiger partial charge in [0.2, 0.25) is 0 Å². The number of thiazole rings is 1. The monoisotopic (exact) mass is 303 g/mol. The van der Waals surface area contributed by atoms with E-state index in [9.17, 15) is 4.79 Å². The predicted molar refractivity (Wildman–Crippen MR) is 86.7 cm³/mol. The maximum atomic E-state index is 11.4. The molecule has 4 heteroatoms. The highest BCUT2D eigenvalue weighted by Crippen LogP contribution is 2.24. The van der Waals surface area contributed by atoms with Gasteiger partial charge in [0.05, 0.1) is 22.2 Å². The highest BCUT2D eigenvalue weighted by molar-refractivity contribution is 7.13. The van der Waals surface area contributed by atoms with Crippen LogP contribution in [-0.2, 0) is 6.42 Å². The SMILES string of the molecule is CC(=O)c1sc(CCOc2cc(C)cc(C)c2C)nc1C. The summed E-state index contributed by atoms with van der Waals surface area (Å²) in [6, 6.07) is 4.22. The Morgan fingerprint density at radius 1 is 1.24 bits per heavy atom. The van der Waals surface area contributed by atoms with Gasteiger partial charge in [-0.1, -0.05) is 6.07 Å². The molecule has 0 saturated carbocycles. The molecule has 0 saturated heterocycles. The highest BCUT2D eigenvalue weighted by atomic mass is 32.1. The minimum Gasteiger partial charge on any atom is -0.493 e. The fraction of sp³-hybridized carbons (Fsp3) is 0.412. The van der Waals surface area contributed by atoms with Crippen molar-refractivity contribution in [3.8, 4) is 5.75 Å². The molecule has 21 heavy (non-hydrogen) atoms. The molecule has 0 aliphatic rings. The zero-order chi connectivity index (χ0) is 15.6. The van der Waals surface area contributed by atoms with E-state index in [4.69, 9.17) is 4.74 Å². The Hall–Kier alpha value is -1.68. The summed E-state index contributed by atoms with van der Waals surface area (Å²) in [6.07, 6.45) is 0.727. The second kappa shape index (κ2) is 6.39. The summed E-state index contributed by atoms with van der Waals surface area (Å²) < 4.78 is 5.89. The molecule has 0 N–H and O–H groups in total. The van der Waals surface area contributed by atoms with Crippen LogP contribution in [0.25, 0.3) is 0 Å². The molecule has 2 aromatic rings. The number of ketones is 1. The molecule has 112 valence electrons. The van der Waals surface area contributed by atoms with E-state index in [1.165, 1.54) is 28.0 Å². The first kappa shape index (κ1) is 15.7. The van der Waals surface area contributed by atoms with E-state index >= 15 is 0 Å². The Balaban J connectivity index is 2.02. The van der Waals surface area contributed by atoms with Gasteiger partial charge in [-0.2, -0.15) is 0 Å². The Labute approximate surface area is 130 Å². The van der Waals surface area contributed by atoms with Gasteiger partial charge in [-0.15, -0.1) is 11.3 Å². The third-order valence-electron chi connectivity index (χ3n) is 3.50. The Kier molecular flexibility index (Phi) is 4.78. The summed E-state index contributed by atoms with van der Waals surface area (Å²) in [5, 5.41) is 0.958. The Morgan fingerprint density at radius 2 is 1.95 bits per heavy atom. The maximum absolute atomic E-state index is 11.4. The number of nitrogens with zero attached hydrogens (tertiary/aromatic N) is 1. The van der Waals surface area contributed by atoms with Crippen molar-refractivity contribution in [2.75, 3.05) is 6.61 Å². The zero-order valence-electron chi connectivity index (χ0n) is 13.2. The number of rotatable bonds is 5. The molecular weight excluding hydrogens is 282 g/mol. The fourth-order valence-corrected chi connectivity index (χ4v) is 3.23. The molecule has 1 heterocycles. The van der Waals surface area contributed by atoms with Crippen LogP contribution in [0.3, 0.4) is 0 Å². The average Bonchev–Trinajstić information content (AvgIpc) is 2.76. The van der Waals surface area contributed by atoms with E-state index in [0.29, 0.717) is 6.61 Å². The molecule has 0 unspecified atom stereocenters. The van der Waals surface area contributed by atoms with Crippen molar-refractivity contribution in [3.05, 3.63) is 44.4 Å². The molecular formula is C17H21NO2S. The van der Waals surface area contributed by atoms with Crippen molar-refractivity contribution in [3.63, 3.8) is 0 Å².